The number of oxime groups is 1. The summed E-state index contributed by atoms with van der Waals surface area (Å²) in [5.74, 6) is -0.864. The molecule has 2 N–H and O–H groups in total. The molecule has 0 radical (unpaired) electrons. The number of carboxylic acid groups (broad SMARTS) is 1. The van der Waals surface area contributed by atoms with Crippen LogP contribution in [0.25, 0.3) is 11.1 Å². The highest BCUT2D eigenvalue weighted by molar-refractivity contribution is 5.98. The van der Waals surface area contributed by atoms with Crippen LogP contribution in [0.1, 0.15) is 23.6 Å². The molecule has 0 saturated heterocycles. The summed E-state index contributed by atoms with van der Waals surface area (Å²) < 4.78 is 0. The summed E-state index contributed by atoms with van der Waals surface area (Å²) in [7, 11) is 0. The summed E-state index contributed by atoms with van der Waals surface area (Å²) in [6.07, 6.45) is 0. The van der Waals surface area contributed by atoms with E-state index in [-0.39, 0.29) is 6.54 Å². The van der Waals surface area contributed by atoms with Gasteiger partial charge >= 0.3 is 5.97 Å². The van der Waals surface area contributed by atoms with E-state index in [1.54, 1.807) is 0 Å². The van der Waals surface area contributed by atoms with Crippen LogP contribution in [-0.4, -0.2) is 23.3 Å². The van der Waals surface area contributed by atoms with E-state index in [1.807, 2.05) is 61.5 Å². The van der Waals surface area contributed by atoms with Crippen molar-refractivity contribution in [2.75, 3.05) is 6.54 Å². The average molecular weight is 388 g/mol. The molecule has 0 fully saturated rings. The van der Waals surface area contributed by atoms with Gasteiger partial charge in [0, 0.05) is 6.54 Å². The van der Waals surface area contributed by atoms with Gasteiger partial charge in [0.25, 0.3) is 0 Å². The number of nitrogens with one attached hydrogen (secondary N) is 1. The van der Waals surface area contributed by atoms with Gasteiger partial charge in [0.2, 0.25) is 0 Å². The number of rotatable bonds is 9. The zero-order valence-corrected chi connectivity index (χ0v) is 16.3. The Labute approximate surface area is 170 Å². The Morgan fingerprint density at radius 1 is 0.897 bits per heavy atom. The van der Waals surface area contributed by atoms with Gasteiger partial charge < -0.3 is 15.3 Å². The normalized spacial score (nSPS) is 11.3. The van der Waals surface area contributed by atoms with Crippen molar-refractivity contribution < 1.29 is 14.7 Å². The van der Waals surface area contributed by atoms with Gasteiger partial charge in [-0.25, -0.2) is 0 Å². The zero-order chi connectivity index (χ0) is 20.5. The van der Waals surface area contributed by atoms with Crippen molar-refractivity contribution in [3.05, 3.63) is 95.6 Å². The Morgan fingerprint density at radius 3 is 2.17 bits per heavy atom. The molecule has 0 aliphatic carbocycles. The SMILES string of the molecule is CC(=NOCc1ccc(-c2ccccc2)cc1)c1ccc(CNCC(=O)O)cc1. The van der Waals surface area contributed by atoms with Crippen molar-refractivity contribution in [2.24, 2.45) is 5.16 Å². The molecule has 0 aromatic heterocycles. The number of carboxylic acids is 1. The summed E-state index contributed by atoms with van der Waals surface area (Å²) in [5.41, 5.74) is 6.19. The monoisotopic (exact) mass is 388 g/mol. The summed E-state index contributed by atoms with van der Waals surface area (Å²) in [4.78, 5) is 16.0. The molecule has 0 aliphatic rings. The highest BCUT2D eigenvalue weighted by atomic mass is 16.6. The van der Waals surface area contributed by atoms with Gasteiger partial charge in [-0.3, -0.25) is 4.79 Å². The average Bonchev–Trinajstić information content (AvgIpc) is 2.75. The summed E-state index contributed by atoms with van der Waals surface area (Å²) in [5, 5.41) is 15.7. The Kier molecular flexibility index (Phi) is 7.14. The highest BCUT2D eigenvalue weighted by Gasteiger charge is 2.02. The van der Waals surface area contributed by atoms with E-state index in [1.165, 1.54) is 11.1 Å². The molecule has 0 unspecified atom stereocenters. The first-order valence-electron chi connectivity index (χ1n) is 9.44. The molecule has 0 spiro atoms. The van der Waals surface area contributed by atoms with E-state index in [0.717, 1.165) is 22.4 Å². The van der Waals surface area contributed by atoms with E-state index < -0.39 is 5.97 Å². The largest absolute Gasteiger partial charge is 0.480 e. The van der Waals surface area contributed by atoms with E-state index in [0.29, 0.717) is 13.2 Å². The van der Waals surface area contributed by atoms with Crippen LogP contribution in [0, 0.1) is 0 Å². The number of benzene rings is 3. The quantitative estimate of drug-likeness (QED) is 0.419. The molecule has 0 aliphatic heterocycles. The molecule has 0 saturated carbocycles. The number of hydrogen-bond donors (Lipinski definition) is 2. The molecule has 5 nitrogen and oxygen atoms in total. The second-order valence-corrected chi connectivity index (χ2v) is 6.71. The van der Waals surface area contributed by atoms with Gasteiger partial charge in [-0.05, 0) is 34.7 Å². The van der Waals surface area contributed by atoms with Crippen LogP contribution in [0.3, 0.4) is 0 Å². The van der Waals surface area contributed by atoms with E-state index in [2.05, 4.69) is 34.7 Å². The van der Waals surface area contributed by atoms with Crippen LogP contribution in [0.2, 0.25) is 0 Å². The van der Waals surface area contributed by atoms with Crippen molar-refractivity contribution in [1.29, 1.82) is 0 Å². The van der Waals surface area contributed by atoms with E-state index in [9.17, 15) is 4.79 Å². The minimum absolute atomic E-state index is 0.0532. The van der Waals surface area contributed by atoms with Crippen LogP contribution in [0.4, 0.5) is 0 Å². The summed E-state index contributed by atoms with van der Waals surface area (Å²) in [6.45, 7) is 2.76. The first-order chi connectivity index (χ1) is 14.1. The highest BCUT2D eigenvalue weighted by Crippen LogP contribution is 2.19. The topological polar surface area (TPSA) is 70.9 Å². The lowest BCUT2D eigenvalue weighted by Gasteiger charge is -2.06. The number of carbonyl (C=O) groups is 1. The second kappa shape index (κ2) is 10.2. The van der Waals surface area contributed by atoms with Crippen LogP contribution in [0.15, 0.2) is 84.0 Å². The molecular formula is C24H24N2O3. The van der Waals surface area contributed by atoms with Gasteiger partial charge in [0.1, 0.15) is 6.61 Å². The first kappa shape index (κ1) is 20.3. The molecule has 3 rings (SSSR count). The molecule has 0 atom stereocenters. The van der Waals surface area contributed by atoms with Crippen LogP contribution in [0.5, 0.6) is 0 Å². The van der Waals surface area contributed by atoms with Crippen molar-refractivity contribution >= 4 is 11.7 Å². The summed E-state index contributed by atoms with van der Waals surface area (Å²) >= 11 is 0. The molecule has 0 bridgehead atoms. The molecule has 5 heteroatoms. The molecule has 3 aromatic rings. The van der Waals surface area contributed by atoms with Gasteiger partial charge in [-0.1, -0.05) is 84.0 Å². The van der Waals surface area contributed by atoms with Crippen LogP contribution >= 0.6 is 0 Å². The second-order valence-electron chi connectivity index (χ2n) is 6.71. The third-order valence-corrected chi connectivity index (χ3v) is 4.47. The lowest BCUT2D eigenvalue weighted by atomic mass is 10.0. The van der Waals surface area contributed by atoms with Crippen LogP contribution in [-0.2, 0) is 22.8 Å². The van der Waals surface area contributed by atoms with Crippen molar-refractivity contribution in [2.45, 2.75) is 20.1 Å². The number of hydrogen-bond acceptors (Lipinski definition) is 4. The Bertz CT molecular complexity index is 950. The standard InChI is InChI=1S/C24H24N2O3/c1-18(21-11-7-19(8-12-21)15-25-16-24(27)28)26-29-17-20-9-13-23(14-10-20)22-5-3-2-4-6-22/h2-14,25H,15-17H2,1H3,(H,27,28). The number of nitrogens with zero attached hydrogens (tertiary/aromatic N) is 1. The zero-order valence-electron chi connectivity index (χ0n) is 16.3. The lowest BCUT2D eigenvalue weighted by molar-refractivity contribution is -0.135. The molecule has 3 aromatic carbocycles. The first-order valence-corrected chi connectivity index (χ1v) is 9.44. The van der Waals surface area contributed by atoms with E-state index >= 15 is 0 Å². The summed E-state index contributed by atoms with van der Waals surface area (Å²) in [6, 6.07) is 26.3. The van der Waals surface area contributed by atoms with Crippen molar-refractivity contribution in [3.63, 3.8) is 0 Å². The molecule has 0 amide bonds. The van der Waals surface area contributed by atoms with Gasteiger partial charge in [-0.15, -0.1) is 0 Å². The predicted octanol–water partition coefficient (Wildman–Crippen LogP) is 4.47. The third kappa shape index (κ3) is 6.30. The van der Waals surface area contributed by atoms with Gasteiger partial charge in [0.15, 0.2) is 0 Å². The van der Waals surface area contributed by atoms with Gasteiger partial charge in [-0.2, -0.15) is 0 Å². The minimum Gasteiger partial charge on any atom is -0.480 e. The maximum absolute atomic E-state index is 10.5. The Balaban J connectivity index is 1.51. The van der Waals surface area contributed by atoms with Crippen LogP contribution < -0.4 is 5.32 Å². The number of aliphatic carboxylic acids is 1. The molecule has 29 heavy (non-hydrogen) atoms. The van der Waals surface area contributed by atoms with Crippen molar-refractivity contribution in [3.8, 4) is 11.1 Å². The maximum Gasteiger partial charge on any atom is 0.317 e. The molecule has 148 valence electrons. The Morgan fingerprint density at radius 2 is 1.52 bits per heavy atom. The lowest BCUT2D eigenvalue weighted by Crippen LogP contribution is -2.21. The van der Waals surface area contributed by atoms with Gasteiger partial charge in [0.05, 0.1) is 12.3 Å². The van der Waals surface area contributed by atoms with Crippen molar-refractivity contribution in [1.82, 2.24) is 5.32 Å². The smallest absolute Gasteiger partial charge is 0.317 e. The molecule has 0 heterocycles. The third-order valence-electron chi connectivity index (χ3n) is 4.47. The minimum atomic E-state index is -0.864. The van der Waals surface area contributed by atoms with E-state index in [4.69, 9.17) is 9.94 Å². The Hall–Kier alpha value is -3.44. The molecular weight excluding hydrogens is 364 g/mol. The fourth-order valence-electron chi connectivity index (χ4n) is 2.86. The maximum atomic E-state index is 10.5. The predicted molar refractivity (Wildman–Crippen MR) is 115 cm³/mol. The fraction of sp³-hybridized carbons (Fsp3) is 0.167. The fourth-order valence-corrected chi connectivity index (χ4v) is 2.86.